The molecule has 0 spiro atoms. The normalized spacial score (nSPS) is 36.1. The van der Waals surface area contributed by atoms with E-state index in [2.05, 4.69) is 16.7 Å². The van der Waals surface area contributed by atoms with Crippen LogP contribution in [-0.2, 0) is 4.79 Å². The average Bonchev–Trinajstić information content (AvgIpc) is 3.00. The molecule has 0 aromatic heterocycles. The van der Waals surface area contributed by atoms with Crippen LogP contribution in [0.5, 0.6) is 0 Å². The Hall–Kier alpha value is -0.610. The van der Waals surface area contributed by atoms with Gasteiger partial charge in [0, 0.05) is 24.7 Å². The van der Waals surface area contributed by atoms with Gasteiger partial charge in [-0.3, -0.25) is 4.79 Å². The summed E-state index contributed by atoms with van der Waals surface area (Å²) in [5.41, 5.74) is 6.11. The molecule has 1 saturated carbocycles. The maximum Gasteiger partial charge on any atom is 0.227 e. The molecule has 4 heteroatoms. The SMILES string of the molecule is CC1(N)CCCCC1C(=O)N1CCC(N2CCCC2)CC1. The third-order valence-corrected chi connectivity index (χ3v) is 5.99. The molecular weight excluding hydrogens is 262 g/mol. The van der Waals surface area contributed by atoms with Gasteiger partial charge < -0.3 is 15.5 Å². The van der Waals surface area contributed by atoms with E-state index in [0.717, 1.165) is 45.2 Å². The molecule has 21 heavy (non-hydrogen) atoms. The van der Waals surface area contributed by atoms with Gasteiger partial charge in [-0.25, -0.2) is 0 Å². The third kappa shape index (κ3) is 3.26. The van der Waals surface area contributed by atoms with Crippen molar-refractivity contribution >= 4 is 5.91 Å². The van der Waals surface area contributed by atoms with Gasteiger partial charge in [0.2, 0.25) is 5.91 Å². The molecule has 4 nitrogen and oxygen atoms in total. The monoisotopic (exact) mass is 293 g/mol. The van der Waals surface area contributed by atoms with Crippen LogP contribution >= 0.6 is 0 Å². The molecular formula is C17H31N3O. The Morgan fingerprint density at radius 3 is 2.29 bits per heavy atom. The van der Waals surface area contributed by atoms with Crippen molar-refractivity contribution in [2.45, 2.75) is 69.9 Å². The van der Waals surface area contributed by atoms with Crippen LogP contribution in [0.3, 0.4) is 0 Å². The van der Waals surface area contributed by atoms with Crippen molar-refractivity contribution in [3.05, 3.63) is 0 Å². The quantitative estimate of drug-likeness (QED) is 0.847. The fraction of sp³-hybridized carbons (Fsp3) is 0.941. The van der Waals surface area contributed by atoms with E-state index in [4.69, 9.17) is 5.73 Å². The molecule has 3 fully saturated rings. The Kier molecular flexibility index (Phi) is 4.55. The molecule has 120 valence electrons. The van der Waals surface area contributed by atoms with Crippen molar-refractivity contribution in [3.8, 4) is 0 Å². The molecule has 2 atom stereocenters. The van der Waals surface area contributed by atoms with Crippen LogP contribution in [0.15, 0.2) is 0 Å². The van der Waals surface area contributed by atoms with E-state index < -0.39 is 0 Å². The fourth-order valence-electron chi connectivity index (χ4n) is 4.54. The number of rotatable bonds is 2. The first kappa shape index (κ1) is 15.3. The van der Waals surface area contributed by atoms with Crippen LogP contribution < -0.4 is 5.73 Å². The van der Waals surface area contributed by atoms with Crippen LogP contribution in [-0.4, -0.2) is 53.5 Å². The molecule has 0 aromatic carbocycles. The standard InChI is InChI=1S/C17H31N3O/c1-17(18)9-3-2-6-15(17)16(21)20-12-7-14(8-13-20)19-10-4-5-11-19/h14-15H,2-13,18H2,1H3. The van der Waals surface area contributed by atoms with E-state index in [9.17, 15) is 4.79 Å². The summed E-state index contributed by atoms with van der Waals surface area (Å²) in [6.45, 7) is 6.48. The highest BCUT2D eigenvalue weighted by molar-refractivity contribution is 5.80. The van der Waals surface area contributed by atoms with E-state index in [1.807, 2.05) is 0 Å². The number of hydrogen-bond acceptors (Lipinski definition) is 3. The highest BCUT2D eigenvalue weighted by Gasteiger charge is 2.40. The molecule has 1 aliphatic carbocycles. The Bertz CT molecular complexity index is 368. The van der Waals surface area contributed by atoms with E-state index in [1.54, 1.807) is 0 Å². The van der Waals surface area contributed by atoms with Crippen LogP contribution in [0.2, 0.25) is 0 Å². The molecule has 1 amide bonds. The van der Waals surface area contributed by atoms with E-state index in [1.165, 1.54) is 32.4 Å². The first-order chi connectivity index (χ1) is 10.1. The smallest absolute Gasteiger partial charge is 0.227 e. The summed E-state index contributed by atoms with van der Waals surface area (Å²) in [4.78, 5) is 17.6. The average molecular weight is 293 g/mol. The van der Waals surface area contributed by atoms with Crippen molar-refractivity contribution in [1.82, 2.24) is 9.80 Å². The largest absolute Gasteiger partial charge is 0.342 e. The minimum Gasteiger partial charge on any atom is -0.342 e. The summed E-state index contributed by atoms with van der Waals surface area (Å²) in [6, 6.07) is 0.715. The van der Waals surface area contributed by atoms with Crippen molar-refractivity contribution < 1.29 is 4.79 Å². The van der Waals surface area contributed by atoms with E-state index in [-0.39, 0.29) is 11.5 Å². The van der Waals surface area contributed by atoms with Gasteiger partial charge in [0.25, 0.3) is 0 Å². The van der Waals surface area contributed by atoms with Crippen LogP contribution in [0.25, 0.3) is 0 Å². The molecule has 0 radical (unpaired) electrons. The number of carbonyl (C=O) groups is 1. The van der Waals surface area contributed by atoms with Crippen LogP contribution in [0, 0.1) is 5.92 Å². The maximum absolute atomic E-state index is 12.8. The third-order valence-electron chi connectivity index (χ3n) is 5.99. The van der Waals surface area contributed by atoms with Gasteiger partial charge in [-0.2, -0.15) is 0 Å². The Morgan fingerprint density at radius 1 is 1.00 bits per heavy atom. The van der Waals surface area contributed by atoms with Crippen molar-refractivity contribution in [2.24, 2.45) is 11.7 Å². The zero-order valence-corrected chi connectivity index (χ0v) is 13.5. The van der Waals surface area contributed by atoms with Crippen molar-refractivity contribution in [1.29, 1.82) is 0 Å². The predicted molar refractivity (Wildman–Crippen MR) is 85.0 cm³/mol. The predicted octanol–water partition coefficient (Wildman–Crippen LogP) is 1.98. The molecule has 3 aliphatic rings. The van der Waals surface area contributed by atoms with Gasteiger partial charge in [0.05, 0.1) is 5.92 Å². The second-order valence-corrected chi connectivity index (χ2v) is 7.60. The summed E-state index contributed by atoms with van der Waals surface area (Å²) >= 11 is 0. The Balaban J connectivity index is 1.54. The minimum absolute atomic E-state index is 0.0505. The lowest BCUT2D eigenvalue weighted by atomic mass is 9.74. The van der Waals surface area contributed by atoms with Gasteiger partial charge in [-0.05, 0) is 58.5 Å². The first-order valence-corrected chi connectivity index (χ1v) is 8.90. The maximum atomic E-state index is 12.8. The van der Waals surface area contributed by atoms with E-state index >= 15 is 0 Å². The summed E-state index contributed by atoms with van der Waals surface area (Å²) in [7, 11) is 0. The minimum atomic E-state index is -0.291. The van der Waals surface area contributed by atoms with Gasteiger partial charge in [0.1, 0.15) is 0 Å². The number of nitrogens with two attached hydrogens (primary N) is 1. The lowest BCUT2D eigenvalue weighted by molar-refractivity contribution is -0.140. The fourth-order valence-corrected chi connectivity index (χ4v) is 4.54. The summed E-state index contributed by atoms with van der Waals surface area (Å²) < 4.78 is 0. The molecule has 0 bridgehead atoms. The topological polar surface area (TPSA) is 49.6 Å². The van der Waals surface area contributed by atoms with Gasteiger partial charge in [-0.15, -0.1) is 0 Å². The Morgan fingerprint density at radius 2 is 1.67 bits per heavy atom. The second-order valence-electron chi connectivity index (χ2n) is 7.60. The zero-order chi connectivity index (χ0) is 14.9. The molecule has 2 unspecified atom stereocenters. The lowest BCUT2D eigenvalue weighted by Crippen LogP contribution is -2.55. The number of amides is 1. The summed E-state index contributed by atoms with van der Waals surface area (Å²) in [5.74, 6) is 0.383. The Labute approximate surface area is 129 Å². The molecule has 2 N–H and O–H groups in total. The molecule has 2 aliphatic heterocycles. The lowest BCUT2D eigenvalue weighted by Gasteiger charge is -2.43. The van der Waals surface area contributed by atoms with E-state index in [0.29, 0.717) is 11.9 Å². The molecule has 2 heterocycles. The van der Waals surface area contributed by atoms with Gasteiger partial charge in [-0.1, -0.05) is 12.8 Å². The number of piperidine rings is 1. The van der Waals surface area contributed by atoms with Crippen LogP contribution in [0.4, 0.5) is 0 Å². The number of hydrogen-bond donors (Lipinski definition) is 1. The number of nitrogens with zero attached hydrogens (tertiary/aromatic N) is 2. The number of carbonyl (C=O) groups excluding carboxylic acids is 1. The van der Waals surface area contributed by atoms with Crippen molar-refractivity contribution in [2.75, 3.05) is 26.2 Å². The van der Waals surface area contributed by atoms with Gasteiger partial charge in [0.15, 0.2) is 0 Å². The summed E-state index contributed by atoms with van der Waals surface area (Å²) in [5, 5.41) is 0. The summed E-state index contributed by atoms with van der Waals surface area (Å²) in [6.07, 6.45) is 9.33. The molecule has 2 saturated heterocycles. The highest BCUT2D eigenvalue weighted by atomic mass is 16.2. The van der Waals surface area contributed by atoms with Gasteiger partial charge >= 0.3 is 0 Å². The van der Waals surface area contributed by atoms with Crippen molar-refractivity contribution in [3.63, 3.8) is 0 Å². The molecule has 3 rings (SSSR count). The second kappa shape index (κ2) is 6.25. The molecule has 0 aromatic rings. The highest BCUT2D eigenvalue weighted by Crippen LogP contribution is 2.34. The number of likely N-dealkylation sites (tertiary alicyclic amines) is 2. The van der Waals surface area contributed by atoms with Crippen LogP contribution in [0.1, 0.15) is 58.3 Å². The zero-order valence-electron chi connectivity index (χ0n) is 13.5. The first-order valence-electron chi connectivity index (χ1n) is 8.90.